The van der Waals surface area contributed by atoms with Gasteiger partial charge in [-0.25, -0.2) is 0 Å². The van der Waals surface area contributed by atoms with Gasteiger partial charge in [0.05, 0.1) is 6.42 Å². The standard InChI is InChI=1S/C10H19NO2/c1-2-6-10(11,7-9(12)13)8-4-3-5-8/h8H,2-7,11H2,1H3,(H,12,13). The van der Waals surface area contributed by atoms with E-state index in [1.54, 1.807) is 0 Å². The van der Waals surface area contributed by atoms with Crippen molar-refractivity contribution in [1.82, 2.24) is 0 Å². The molecule has 0 aromatic heterocycles. The fourth-order valence-electron chi connectivity index (χ4n) is 2.17. The van der Waals surface area contributed by atoms with Crippen LogP contribution in [0, 0.1) is 5.92 Å². The molecule has 0 saturated heterocycles. The smallest absolute Gasteiger partial charge is 0.305 e. The largest absolute Gasteiger partial charge is 0.481 e. The lowest BCUT2D eigenvalue weighted by molar-refractivity contribution is -0.139. The van der Waals surface area contributed by atoms with E-state index >= 15 is 0 Å². The summed E-state index contributed by atoms with van der Waals surface area (Å²) in [7, 11) is 0. The Hall–Kier alpha value is -0.570. The van der Waals surface area contributed by atoms with Crippen LogP contribution in [0.15, 0.2) is 0 Å². The van der Waals surface area contributed by atoms with Crippen molar-refractivity contribution in [3.63, 3.8) is 0 Å². The highest BCUT2D eigenvalue weighted by Crippen LogP contribution is 2.39. The van der Waals surface area contributed by atoms with Gasteiger partial charge in [0, 0.05) is 5.54 Å². The Morgan fingerprint density at radius 3 is 2.54 bits per heavy atom. The molecule has 1 aliphatic rings. The first-order valence-electron chi connectivity index (χ1n) is 5.09. The molecule has 1 saturated carbocycles. The monoisotopic (exact) mass is 185 g/mol. The molecule has 3 heteroatoms. The summed E-state index contributed by atoms with van der Waals surface area (Å²) in [5, 5.41) is 8.76. The zero-order valence-corrected chi connectivity index (χ0v) is 8.25. The number of nitrogens with two attached hydrogens (primary N) is 1. The fraction of sp³-hybridized carbons (Fsp3) is 0.900. The summed E-state index contributed by atoms with van der Waals surface area (Å²) in [6.45, 7) is 2.06. The van der Waals surface area contributed by atoms with Crippen LogP contribution in [0.4, 0.5) is 0 Å². The molecule has 0 amide bonds. The molecule has 0 aromatic carbocycles. The van der Waals surface area contributed by atoms with Crippen LogP contribution in [0.3, 0.4) is 0 Å². The molecule has 1 unspecified atom stereocenters. The van der Waals surface area contributed by atoms with Gasteiger partial charge in [0.25, 0.3) is 0 Å². The minimum Gasteiger partial charge on any atom is -0.481 e. The number of carbonyl (C=O) groups is 1. The fourth-order valence-corrected chi connectivity index (χ4v) is 2.17. The second-order valence-corrected chi connectivity index (χ2v) is 4.18. The van der Waals surface area contributed by atoms with Crippen molar-refractivity contribution in [1.29, 1.82) is 0 Å². The van der Waals surface area contributed by atoms with Crippen LogP contribution in [0.5, 0.6) is 0 Å². The number of hydrogen-bond donors (Lipinski definition) is 2. The Labute approximate surface area is 79.3 Å². The molecule has 0 radical (unpaired) electrons. The van der Waals surface area contributed by atoms with Crippen LogP contribution in [0.1, 0.15) is 45.4 Å². The van der Waals surface area contributed by atoms with Crippen molar-refractivity contribution in [2.24, 2.45) is 11.7 Å². The topological polar surface area (TPSA) is 63.3 Å². The lowest BCUT2D eigenvalue weighted by Crippen LogP contribution is -2.51. The van der Waals surface area contributed by atoms with E-state index in [4.69, 9.17) is 10.8 Å². The van der Waals surface area contributed by atoms with E-state index in [9.17, 15) is 4.79 Å². The Bertz CT molecular complexity index is 189. The van der Waals surface area contributed by atoms with Gasteiger partial charge in [-0.2, -0.15) is 0 Å². The van der Waals surface area contributed by atoms with Crippen molar-refractivity contribution in [3.8, 4) is 0 Å². The van der Waals surface area contributed by atoms with Gasteiger partial charge in [0.1, 0.15) is 0 Å². The summed E-state index contributed by atoms with van der Waals surface area (Å²) in [6.07, 6.45) is 5.39. The number of aliphatic carboxylic acids is 1. The summed E-state index contributed by atoms with van der Waals surface area (Å²) >= 11 is 0. The lowest BCUT2D eigenvalue weighted by Gasteiger charge is -2.42. The van der Waals surface area contributed by atoms with E-state index in [1.165, 1.54) is 6.42 Å². The van der Waals surface area contributed by atoms with Crippen LogP contribution in [0.2, 0.25) is 0 Å². The first kappa shape index (κ1) is 10.5. The van der Waals surface area contributed by atoms with E-state index in [1.807, 2.05) is 0 Å². The SMILES string of the molecule is CCCC(N)(CC(=O)O)C1CCC1. The van der Waals surface area contributed by atoms with Crippen LogP contribution < -0.4 is 5.73 Å². The van der Waals surface area contributed by atoms with Gasteiger partial charge in [0.15, 0.2) is 0 Å². The molecule has 1 aliphatic carbocycles. The third-order valence-electron chi connectivity index (χ3n) is 3.11. The predicted octanol–water partition coefficient (Wildman–Crippen LogP) is 1.76. The maximum Gasteiger partial charge on any atom is 0.305 e. The molecule has 1 fully saturated rings. The molecule has 1 rings (SSSR count). The van der Waals surface area contributed by atoms with Crippen molar-refractivity contribution in [2.45, 2.75) is 51.0 Å². The number of carboxylic acid groups (broad SMARTS) is 1. The third-order valence-corrected chi connectivity index (χ3v) is 3.11. The van der Waals surface area contributed by atoms with Crippen LogP contribution in [0.25, 0.3) is 0 Å². The van der Waals surface area contributed by atoms with E-state index in [0.717, 1.165) is 25.7 Å². The molecule has 0 heterocycles. The van der Waals surface area contributed by atoms with Crippen molar-refractivity contribution in [3.05, 3.63) is 0 Å². The van der Waals surface area contributed by atoms with Gasteiger partial charge in [0.2, 0.25) is 0 Å². The minimum absolute atomic E-state index is 0.130. The second-order valence-electron chi connectivity index (χ2n) is 4.18. The van der Waals surface area contributed by atoms with Gasteiger partial charge in [-0.15, -0.1) is 0 Å². The molecular weight excluding hydrogens is 166 g/mol. The van der Waals surface area contributed by atoms with E-state index < -0.39 is 11.5 Å². The third kappa shape index (κ3) is 2.44. The minimum atomic E-state index is -0.761. The molecule has 0 bridgehead atoms. The maximum atomic E-state index is 10.7. The summed E-state index contributed by atoms with van der Waals surface area (Å²) in [4.78, 5) is 10.7. The maximum absolute atomic E-state index is 10.7. The molecule has 3 N–H and O–H groups in total. The zero-order valence-electron chi connectivity index (χ0n) is 8.25. The van der Waals surface area contributed by atoms with E-state index in [0.29, 0.717) is 5.92 Å². The van der Waals surface area contributed by atoms with Gasteiger partial charge in [-0.1, -0.05) is 19.8 Å². The van der Waals surface area contributed by atoms with Crippen LogP contribution in [-0.4, -0.2) is 16.6 Å². The molecule has 13 heavy (non-hydrogen) atoms. The van der Waals surface area contributed by atoms with Crippen molar-refractivity contribution < 1.29 is 9.90 Å². The molecule has 3 nitrogen and oxygen atoms in total. The normalized spacial score (nSPS) is 22.0. The van der Waals surface area contributed by atoms with Gasteiger partial charge < -0.3 is 10.8 Å². The first-order chi connectivity index (χ1) is 6.08. The lowest BCUT2D eigenvalue weighted by atomic mass is 9.68. The van der Waals surface area contributed by atoms with Crippen molar-refractivity contribution >= 4 is 5.97 Å². The highest BCUT2D eigenvalue weighted by molar-refractivity contribution is 5.68. The quantitative estimate of drug-likeness (QED) is 0.686. The number of rotatable bonds is 5. The molecule has 0 spiro atoms. The van der Waals surface area contributed by atoms with Gasteiger partial charge in [-0.05, 0) is 25.2 Å². The molecule has 1 atom stereocenters. The molecule has 0 aliphatic heterocycles. The summed E-state index contributed by atoms with van der Waals surface area (Å²) in [5.41, 5.74) is 5.70. The Balaban J connectivity index is 2.55. The highest BCUT2D eigenvalue weighted by Gasteiger charge is 2.39. The van der Waals surface area contributed by atoms with Gasteiger partial charge >= 0.3 is 5.97 Å². The predicted molar refractivity (Wildman–Crippen MR) is 51.4 cm³/mol. The summed E-state index contributed by atoms with van der Waals surface area (Å²) in [6, 6.07) is 0. The number of carboxylic acids is 1. The zero-order chi connectivity index (χ0) is 9.90. The van der Waals surface area contributed by atoms with Crippen molar-refractivity contribution in [2.75, 3.05) is 0 Å². The molecule has 76 valence electrons. The summed E-state index contributed by atoms with van der Waals surface area (Å²) in [5.74, 6) is -0.314. The molecule has 0 aromatic rings. The average molecular weight is 185 g/mol. The van der Waals surface area contributed by atoms with E-state index in [2.05, 4.69) is 6.92 Å². The van der Waals surface area contributed by atoms with Crippen LogP contribution in [-0.2, 0) is 4.79 Å². The average Bonchev–Trinajstić information content (AvgIpc) is 1.78. The highest BCUT2D eigenvalue weighted by atomic mass is 16.4. The van der Waals surface area contributed by atoms with Gasteiger partial charge in [-0.3, -0.25) is 4.79 Å². The van der Waals surface area contributed by atoms with E-state index in [-0.39, 0.29) is 6.42 Å². The Morgan fingerprint density at radius 1 is 1.62 bits per heavy atom. The Kier molecular flexibility index (Phi) is 3.31. The Morgan fingerprint density at radius 2 is 2.23 bits per heavy atom. The van der Waals surface area contributed by atoms with Crippen LogP contribution >= 0.6 is 0 Å². The molecular formula is C10H19NO2. The number of hydrogen-bond acceptors (Lipinski definition) is 2. The summed E-state index contributed by atoms with van der Waals surface area (Å²) < 4.78 is 0. The second kappa shape index (κ2) is 4.09. The first-order valence-corrected chi connectivity index (χ1v) is 5.09.